The highest BCUT2D eigenvalue weighted by Crippen LogP contribution is 2.18. The molecule has 2 aromatic rings. The van der Waals surface area contributed by atoms with Crippen molar-refractivity contribution in [1.29, 1.82) is 0 Å². The molecule has 0 aromatic carbocycles. The van der Waals surface area contributed by atoms with Crippen molar-refractivity contribution in [2.75, 3.05) is 0 Å². The third kappa shape index (κ3) is 1.02. The van der Waals surface area contributed by atoms with Crippen LogP contribution in [0, 0.1) is 0 Å². The van der Waals surface area contributed by atoms with Gasteiger partial charge in [-0.2, -0.15) is 5.10 Å². The molecule has 2 rings (SSSR count). The molecule has 0 aliphatic rings. The SMILES string of the molecule is Clc1cnn2c(Br)cncc12. The van der Waals surface area contributed by atoms with Crippen molar-refractivity contribution in [3.8, 4) is 0 Å². The van der Waals surface area contributed by atoms with Crippen LogP contribution in [-0.2, 0) is 0 Å². The molecule has 0 saturated heterocycles. The van der Waals surface area contributed by atoms with Crippen molar-refractivity contribution < 1.29 is 0 Å². The topological polar surface area (TPSA) is 30.2 Å². The molecule has 0 atom stereocenters. The molecule has 0 saturated carbocycles. The minimum Gasteiger partial charge on any atom is -0.260 e. The number of rotatable bonds is 0. The van der Waals surface area contributed by atoms with E-state index in [1.807, 2.05) is 0 Å². The van der Waals surface area contributed by atoms with Crippen LogP contribution in [0.1, 0.15) is 0 Å². The minimum absolute atomic E-state index is 0.610. The lowest BCUT2D eigenvalue weighted by atomic mass is 10.5. The van der Waals surface area contributed by atoms with Crippen LogP contribution in [-0.4, -0.2) is 14.6 Å². The summed E-state index contributed by atoms with van der Waals surface area (Å²) >= 11 is 9.09. The number of halogens is 2. The second-order valence-corrected chi connectivity index (χ2v) is 3.24. The summed E-state index contributed by atoms with van der Waals surface area (Å²) in [5.74, 6) is 0. The van der Waals surface area contributed by atoms with E-state index in [-0.39, 0.29) is 0 Å². The van der Waals surface area contributed by atoms with Crippen molar-refractivity contribution in [2.45, 2.75) is 0 Å². The van der Waals surface area contributed by atoms with Crippen molar-refractivity contribution in [3.05, 3.63) is 28.2 Å². The van der Waals surface area contributed by atoms with E-state index in [4.69, 9.17) is 11.6 Å². The van der Waals surface area contributed by atoms with Gasteiger partial charge in [-0.25, -0.2) is 4.52 Å². The fraction of sp³-hybridized carbons (Fsp3) is 0. The van der Waals surface area contributed by atoms with Crippen LogP contribution in [0.5, 0.6) is 0 Å². The van der Waals surface area contributed by atoms with Crippen molar-refractivity contribution in [3.63, 3.8) is 0 Å². The van der Waals surface area contributed by atoms with E-state index < -0.39 is 0 Å². The maximum atomic E-state index is 5.80. The quantitative estimate of drug-likeness (QED) is 0.697. The Morgan fingerprint density at radius 2 is 2.18 bits per heavy atom. The first-order valence-corrected chi connectivity index (χ1v) is 4.09. The zero-order valence-electron chi connectivity index (χ0n) is 5.33. The monoisotopic (exact) mass is 231 g/mol. The summed E-state index contributed by atoms with van der Waals surface area (Å²) in [5.41, 5.74) is 0.807. The van der Waals surface area contributed by atoms with Gasteiger partial charge in [-0.3, -0.25) is 4.98 Å². The van der Waals surface area contributed by atoms with Gasteiger partial charge in [0.2, 0.25) is 0 Å². The highest BCUT2D eigenvalue weighted by molar-refractivity contribution is 9.10. The van der Waals surface area contributed by atoms with E-state index in [2.05, 4.69) is 26.0 Å². The molecule has 56 valence electrons. The summed E-state index contributed by atoms with van der Waals surface area (Å²) in [7, 11) is 0. The molecule has 0 aliphatic carbocycles. The van der Waals surface area contributed by atoms with Gasteiger partial charge in [-0.05, 0) is 15.9 Å². The van der Waals surface area contributed by atoms with Crippen LogP contribution >= 0.6 is 27.5 Å². The zero-order valence-corrected chi connectivity index (χ0v) is 7.67. The second kappa shape index (κ2) is 2.46. The summed E-state index contributed by atoms with van der Waals surface area (Å²) in [6.45, 7) is 0. The van der Waals surface area contributed by atoms with E-state index in [0.29, 0.717) is 5.02 Å². The lowest BCUT2D eigenvalue weighted by Crippen LogP contribution is -1.89. The van der Waals surface area contributed by atoms with Gasteiger partial charge in [0.15, 0.2) is 0 Å². The maximum absolute atomic E-state index is 5.80. The van der Waals surface area contributed by atoms with E-state index in [9.17, 15) is 0 Å². The molecular weight excluding hydrogens is 229 g/mol. The minimum atomic E-state index is 0.610. The molecule has 0 radical (unpaired) electrons. The van der Waals surface area contributed by atoms with Crippen LogP contribution < -0.4 is 0 Å². The molecule has 0 N–H and O–H groups in total. The van der Waals surface area contributed by atoms with Gasteiger partial charge >= 0.3 is 0 Å². The molecule has 2 aromatic heterocycles. The van der Waals surface area contributed by atoms with Crippen LogP contribution in [0.2, 0.25) is 5.02 Å². The average Bonchev–Trinajstić information content (AvgIpc) is 2.35. The molecule has 0 fully saturated rings. The predicted octanol–water partition coefficient (Wildman–Crippen LogP) is 2.15. The molecular formula is C6H3BrClN3. The fourth-order valence-electron chi connectivity index (χ4n) is 0.849. The molecule has 0 aliphatic heterocycles. The Balaban J connectivity index is 2.94. The zero-order chi connectivity index (χ0) is 7.84. The lowest BCUT2D eigenvalue weighted by molar-refractivity contribution is 0.919. The van der Waals surface area contributed by atoms with Gasteiger partial charge in [-0.1, -0.05) is 11.6 Å². The first-order valence-electron chi connectivity index (χ1n) is 2.92. The van der Waals surface area contributed by atoms with E-state index >= 15 is 0 Å². The molecule has 0 bridgehead atoms. The normalized spacial score (nSPS) is 10.7. The highest BCUT2D eigenvalue weighted by atomic mass is 79.9. The Hall–Kier alpha value is -0.610. The Labute approximate surface area is 76.1 Å². The summed E-state index contributed by atoms with van der Waals surface area (Å²) in [6, 6.07) is 0. The first-order chi connectivity index (χ1) is 5.29. The molecule has 3 nitrogen and oxygen atoms in total. The molecule has 11 heavy (non-hydrogen) atoms. The molecule has 0 unspecified atom stereocenters. The van der Waals surface area contributed by atoms with Crippen molar-refractivity contribution in [2.24, 2.45) is 0 Å². The lowest BCUT2D eigenvalue weighted by Gasteiger charge is -1.93. The number of nitrogens with zero attached hydrogens (tertiary/aromatic N) is 3. The molecule has 5 heteroatoms. The van der Waals surface area contributed by atoms with Gasteiger partial charge < -0.3 is 0 Å². The summed E-state index contributed by atoms with van der Waals surface area (Å²) in [5, 5.41) is 4.63. The smallest absolute Gasteiger partial charge is 0.126 e. The number of aromatic nitrogens is 3. The number of fused-ring (bicyclic) bond motifs is 1. The van der Waals surface area contributed by atoms with Crippen LogP contribution in [0.3, 0.4) is 0 Å². The Morgan fingerprint density at radius 1 is 1.36 bits per heavy atom. The van der Waals surface area contributed by atoms with Crippen LogP contribution in [0.15, 0.2) is 23.2 Å². The first kappa shape index (κ1) is 7.06. The Bertz CT molecular complexity index is 398. The number of hydrogen-bond donors (Lipinski definition) is 0. The van der Waals surface area contributed by atoms with Crippen molar-refractivity contribution >= 4 is 33.0 Å². The number of hydrogen-bond acceptors (Lipinski definition) is 2. The third-order valence-electron chi connectivity index (χ3n) is 1.34. The Kier molecular flexibility index (Phi) is 1.58. The van der Waals surface area contributed by atoms with E-state index in [0.717, 1.165) is 10.1 Å². The van der Waals surface area contributed by atoms with Crippen molar-refractivity contribution in [1.82, 2.24) is 14.6 Å². The maximum Gasteiger partial charge on any atom is 0.126 e. The van der Waals surface area contributed by atoms with E-state index in [1.54, 1.807) is 23.1 Å². The van der Waals surface area contributed by atoms with Crippen LogP contribution in [0.25, 0.3) is 5.52 Å². The highest BCUT2D eigenvalue weighted by Gasteiger charge is 2.02. The van der Waals surface area contributed by atoms with Gasteiger partial charge in [-0.15, -0.1) is 0 Å². The average molecular weight is 232 g/mol. The standard InChI is InChI=1S/C6H3BrClN3/c7-6-3-9-2-5-4(8)1-10-11(5)6/h1-3H. The summed E-state index contributed by atoms with van der Waals surface area (Å²) in [4.78, 5) is 3.95. The summed E-state index contributed by atoms with van der Waals surface area (Å²) in [6.07, 6.45) is 4.92. The fourth-order valence-corrected chi connectivity index (χ4v) is 1.42. The molecule has 0 amide bonds. The van der Waals surface area contributed by atoms with Crippen LogP contribution in [0.4, 0.5) is 0 Å². The summed E-state index contributed by atoms with van der Waals surface area (Å²) < 4.78 is 2.47. The largest absolute Gasteiger partial charge is 0.260 e. The molecule has 2 heterocycles. The Morgan fingerprint density at radius 3 is 2.91 bits per heavy atom. The van der Waals surface area contributed by atoms with Gasteiger partial charge in [0.1, 0.15) is 10.1 Å². The van der Waals surface area contributed by atoms with Gasteiger partial charge in [0.05, 0.1) is 23.6 Å². The van der Waals surface area contributed by atoms with Gasteiger partial charge in [0, 0.05) is 0 Å². The third-order valence-corrected chi connectivity index (χ3v) is 2.17. The second-order valence-electron chi connectivity index (χ2n) is 2.02. The molecule has 0 spiro atoms. The van der Waals surface area contributed by atoms with Gasteiger partial charge in [0.25, 0.3) is 0 Å². The predicted molar refractivity (Wildman–Crippen MR) is 45.7 cm³/mol. The van der Waals surface area contributed by atoms with E-state index in [1.165, 1.54) is 0 Å².